The Kier molecular flexibility index (Phi) is 7.11. The molecule has 2 aromatic carbocycles. The maximum Gasteiger partial charge on any atom is 0.257 e. The van der Waals surface area contributed by atoms with Crippen molar-refractivity contribution >= 4 is 23.2 Å². The molecule has 6 nitrogen and oxygen atoms in total. The summed E-state index contributed by atoms with van der Waals surface area (Å²) in [6.45, 7) is 7.72. The molecule has 0 bridgehead atoms. The number of aryl methyl sites for hydroxylation is 1. The first-order chi connectivity index (χ1) is 15.5. The molecule has 2 heterocycles. The predicted octanol–water partition coefficient (Wildman–Crippen LogP) is 4.17. The number of amides is 1. The minimum atomic E-state index is 0.0302. The van der Waals surface area contributed by atoms with Gasteiger partial charge in [0, 0.05) is 43.4 Å². The molecule has 0 saturated carbocycles. The molecule has 2 aliphatic rings. The Balaban J connectivity index is 1.24. The highest BCUT2D eigenvalue weighted by molar-refractivity contribution is 6.31. The van der Waals surface area contributed by atoms with Gasteiger partial charge < -0.3 is 24.6 Å². The van der Waals surface area contributed by atoms with E-state index in [9.17, 15) is 4.79 Å². The topological polar surface area (TPSA) is 54.0 Å². The van der Waals surface area contributed by atoms with E-state index >= 15 is 0 Å². The maximum atomic E-state index is 13.2. The highest BCUT2D eigenvalue weighted by Crippen LogP contribution is 2.34. The van der Waals surface area contributed by atoms with Gasteiger partial charge in [0.1, 0.15) is 11.5 Å². The van der Waals surface area contributed by atoms with Gasteiger partial charge in [-0.05, 0) is 67.6 Å². The average molecular weight is 458 g/mol. The fourth-order valence-electron chi connectivity index (χ4n) is 4.83. The van der Waals surface area contributed by atoms with E-state index in [4.69, 9.17) is 21.1 Å². The van der Waals surface area contributed by atoms with Crippen LogP contribution in [0, 0.1) is 18.8 Å². The van der Waals surface area contributed by atoms with Gasteiger partial charge in [-0.2, -0.15) is 0 Å². The summed E-state index contributed by atoms with van der Waals surface area (Å²) in [4.78, 5) is 17.7. The van der Waals surface area contributed by atoms with E-state index in [1.165, 1.54) is 0 Å². The molecule has 7 heteroatoms. The minimum Gasteiger partial charge on any atom is -0.497 e. The van der Waals surface area contributed by atoms with Crippen LogP contribution in [-0.2, 0) is 0 Å². The van der Waals surface area contributed by atoms with Crippen LogP contribution >= 0.6 is 11.6 Å². The molecule has 2 atom stereocenters. The zero-order chi connectivity index (χ0) is 22.7. The lowest BCUT2D eigenvalue weighted by Crippen LogP contribution is -2.34. The number of rotatable bonds is 8. The zero-order valence-corrected chi connectivity index (χ0v) is 19.8. The van der Waals surface area contributed by atoms with Gasteiger partial charge in [0.05, 0.1) is 19.8 Å². The van der Waals surface area contributed by atoms with E-state index in [0.717, 1.165) is 62.0 Å². The number of fused-ring (bicyclic) bond motifs is 1. The number of halogens is 1. The van der Waals surface area contributed by atoms with Crippen molar-refractivity contribution in [2.24, 2.45) is 11.8 Å². The molecule has 0 spiro atoms. The van der Waals surface area contributed by atoms with Crippen LogP contribution in [0.15, 0.2) is 36.4 Å². The number of carbonyl (C=O) groups is 1. The maximum absolute atomic E-state index is 13.2. The number of hydrogen-bond donors (Lipinski definition) is 1. The number of carbonyl (C=O) groups excluding carboxylic acids is 1. The Morgan fingerprint density at radius 3 is 2.47 bits per heavy atom. The fourth-order valence-corrected chi connectivity index (χ4v) is 5.01. The first kappa shape index (κ1) is 22.7. The molecular weight excluding hydrogens is 426 g/mol. The van der Waals surface area contributed by atoms with E-state index in [1.54, 1.807) is 26.4 Å². The minimum absolute atomic E-state index is 0.0302. The van der Waals surface area contributed by atoms with Gasteiger partial charge >= 0.3 is 0 Å². The quantitative estimate of drug-likeness (QED) is 0.603. The van der Waals surface area contributed by atoms with Crippen LogP contribution in [0.3, 0.4) is 0 Å². The van der Waals surface area contributed by atoms with Crippen molar-refractivity contribution in [1.29, 1.82) is 0 Å². The molecule has 2 fully saturated rings. The smallest absolute Gasteiger partial charge is 0.257 e. The van der Waals surface area contributed by atoms with E-state index in [0.29, 0.717) is 28.9 Å². The number of anilines is 1. The second-order valence-corrected chi connectivity index (χ2v) is 9.21. The lowest BCUT2D eigenvalue weighted by atomic mass is 10.0. The molecule has 4 rings (SSSR count). The summed E-state index contributed by atoms with van der Waals surface area (Å²) in [5.74, 6) is 2.37. The molecule has 2 unspecified atom stereocenters. The molecule has 1 N–H and O–H groups in total. The lowest BCUT2D eigenvalue weighted by molar-refractivity contribution is 0.0770. The summed E-state index contributed by atoms with van der Waals surface area (Å²) >= 11 is 6.20. The number of ether oxygens (including phenoxy) is 2. The van der Waals surface area contributed by atoms with Gasteiger partial charge in [-0.1, -0.05) is 17.7 Å². The first-order valence-electron chi connectivity index (χ1n) is 11.2. The number of nitrogens with zero attached hydrogens (tertiary/aromatic N) is 2. The highest BCUT2D eigenvalue weighted by atomic mass is 35.5. The van der Waals surface area contributed by atoms with Crippen LogP contribution in [0.5, 0.6) is 11.5 Å². The standard InChI is InChI=1S/C25H32ClN3O3/c1-17-5-6-20(11-23(17)26)27-9-4-10-28-13-18-15-29(16-19(18)14-28)25(30)22-12-21(31-2)7-8-24(22)32-3/h5-8,11-12,18-19,27H,4,9-10,13-16H2,1-3H3. The van der Waals surface area contributed by atoms with E-state index in [2.05, 4.69) is 16.3 Å². The predicted molar refractivity (Wildman–Crippen MR) is 128 cm³/mol. The van der Waals surface area contributed by atoms with Crippen molar-refractivity contribution < 1.29 is 14.3 Å². The van der Waals surface area contributed by atoms with Gasteiger partial charge in [-0.25, -0.2) is 0 Å². The SMILES string of the molecule is COc1ccc(OC)c(C(=O)N2CC3CN(CCCNc4ccc(C)c(Cl)c4)CC3C2)c1. The van der Waals surface area contributed by atoms with Crippen LogP contribution in [0.1, 0.15) is 22.3 Å². The fraction of sp³-hybridized carbons (Fsp3) is 0.480. The van der Waals surface area contributed by atoms with Gasteiger partial charge in [0.15, 0.2) is 0 Å². The van der Waals surface area contributed by atoms with Crippen molar-refractivity contribution in [3.05, 3.63) is 52.5 Å². The number of likely N-dealkylation sites (tertiary alicyclic amines) is 2. The third-order valence-electron chi connectivity index (χ3n) is 6.64. The van der Waals surface area contributed by atoms with Gasteiger partial charge in [-0.15, -0.1) is 0 Å². The van der Waals surface area contributed by atoms with Crippen molar-refractivity contribution in [3.63, 3.8) is 0 Å². The summed E-state index contributed by atoms with van der Waals surface area (Å²) < 4.78 is 10.7. The Bertz CT molecular complexity index is 953. The van der Waals surface area contributed by atoms with Crippen LogP contribution < -0.4 is 14.8 Å². The number of hydrogen-bond acceptors (Lipinski definition) is 5. The second kappa shape index (κ2) is 10.0. The van der Waals surface area contributed by atoms with E-state index in [1.807, 2.05) is 30.0 Å². The molecular formula is C25H32ClN3O3. The Hall–Kier alpha value is -2.44. The summed E-state index contributed by atoms with van der Waals surface area (Å²) in [7, 11) is 3.20. The van der Waals surface area contributed by atoms with Crippen molar-refractivity contribution in [2.45, 2.75) is 13.3 Å². The third-order valence-corrected chi connectivity index (χ3v) is 7.05. The van der Waals surface area contributed by atoms with Gasteiger partial charge in [0.2, 0.25) is 0 Å². The molecule has 0 radical (unpaired) electrons. The van der Waals surface area contributed by atoms with E-state index < -0.39 is 0 Å². The van der Waals surface area contributed by atoms with Gasteiger partial charge in [-0.3, -0.25) is 4.79 Å². The third kappa shape index (κ3) is 4.97. The van der Waals surface area contributed by atoms with Crippen LogP contribution in [0.2, 0.25) is 5.02 Å². The second-order valence-electron chi connectivity index (χ2n) is 8.80. The Morgan fingerprint density at radius 2 is 1.81 bits per heavy atom. The van der Waals surface area contributed by atoms with Crippen LogP contribution in [0.25, 0.3) is 0 Å². The highest BCUT2D eigenvalue weighted by Gasteiger charge is 2.41. The Morgan fingerprint density at radius 1 is 1.06 bits per heavy atom. The zero-order valence-electron chi connectivity index (χ0n) is 19.1. The monoisotopic (exact) mass is 457 g/mol. The van der Waals surface area contributed by atoms with Crippen molar-refractivity contribution in [2.75, 3.05) is 58.8 Å². The molecule has 2 aromatic rings. The lowest BCUT2D eigenvalue weighted by Gasteiger charge is -2.22. The molecule has 0 aliphatic carbocycles. The largest absolute Gasteiger partial charge is 0.497 e. The summed E-state index contributed by atoms with van der Waals surface area (Å²) in [5, 5.41) is 4.26. The van der Waals surface area contributed by atoms with Gasteiger partial charge in [0.25, 0.3) is 5.91 Å². The molecule has 2 saturated heterocycles. The summed E-state index contributed by atoms with van der Waals surface area (Å²) in [6.07, 6.45) is 1.08. The van der Waals surface area contributed by atoms with Crippen molar-refractivity contribution in [1.82, 2.24) is 9.80 Å². The molecule has 2 aliphatic heterocycles. The number of methoxy groups -OCH3 is 2. The first-order valence-corrected chi connectivity index (χ1v) is 11.6. The van der Waals surface area contributed by atoms with E-state index in [-0.39, 0.29) is 5.91 Å². The molecule has 32 heavy (non-hydrogen) atoms. The molecule has 1 amide bonds. The van der Waals surface area contributed by atoms with Crippen LogP contribution in [-0.4, -0.2) is 69.2 Å². The summed E-state index contributed by atoms with van der Waals surface area (Å²) in [5.41, 5.74) is 2.74. The molecule has 172 valence electrons. The van der Waals surface area contributed by atoms with Crippen molar-refractivity contribution in [3.8, 4) is 11.5 Å². The number of nitrogens with one attached hydrogen (secondary N) is 1. The Labute approximate surface area is 195 Å². The molecule has 0 aromatic heterocycles. The van der Waals surface area contributed by atoms with Crippen LogP contribution in [0.4, 0.5) is 5.69 Å². The average Bonchev–Trinajstić information content (AvgIpc) is 3.37. The normalized spacial score (nSPS) is 20.3. The summed E-state index contributed by atoms with van der Waals surface area (Å²) in [6, 6.07) is 11.5. The number of benzene rings is 2.